The van der Waals surface area contributed by atoms with Crippen molar-refractivity contribution >= 4 is 17.9 Å². The molecule has 128 valence electrons. The SMILES string of the molecule is CC(NC(=O)OC(C)(C)C)c1ccc(SCc2ccccc2)cc1. The second-order valence-corrected chi connectivity index (χ2v) is 7.76. The largest absolute Gasteiger partial charge is 0.444 e. The highest BCUT2D eigenvalue weighted by atomic mass is 32.2. The Morgan fingerprint density at radius 3 is 2.29 bits per heavy atom. The minimum atomic E-state index is -0.484. The summed E-state index contributed by atoms with van der Waals surface area (Å²) in [6.07, 6.45) is -0.391. The van der Waals surface area contributed by atoms with Gasteiger partial charge in [-0.15, -0.1) is 11.8 Å². The van der Waals surface area contributed by atoms with Crippen LogP contribution in [0.25, 0.3) is 0 Å². The minimum Gasteiger partial charge on any atom is -0.444 e. The molecule has 1 unspecified atom stereocenters. The predicted molar refractivity (Wildman–Crippen MR) is 100 cm³/mol. The van der Waals surface area contributed by atoms with Gasteiger partial charge in [0.15, 0.2) is 0 Å². The molecule has 3 nitrogen and oxygen atoms in total. The van der Waals surface area contributed by atoms with Gasteiger partial charge in [-0.25, -0.2) is 4.79 Å². The zero-order valence-corrected chi connectivity index (χ0v) is 15.5. The van der Waals surface area contributed by atoms with E-state index < -0.39 is 11.7 Å². The van der Waals surface area contributed by atoms with E-state index >= 15 is 0 Å². The molecule has 0 aliphatic heterocycles. The highest BCUT2D eigenvalue weighted by Crippen LogP contribution is 2.24. The molecule has 0 aliphatic rings. The van der Waals surface area contributed by atoms with Gasteiger partial charge in [0.1, 0.15) is 5.60 Å². The first-order valence-corrected chi connectivity index (χ1v) is 9.08. The van der Waals surface area contributed by atoms with Gasteiger partial charge in [-0.05, 0) is 51.0 Å². The molecule has 0 heterocycles. The molecule has 4 heteroatoms. The minimum absolute atomic E-state index is 0.0898. The summed E-state index contributed by atoms with van der Waals surface area (Å²) in [5.74, 6) is 0.950. The van der Waals surface area contributed by atoms with Crippen LogP contribution in [-0.2, 0) is 10.5 Å². The maximum atomic E-state index is 11.8. The Hall–Kier alpha value is -1.94. The summed E-state index contributed by atoms with van der Waals surface area (Å²) < 4.78 is 5.29. The lowest BCUT2D eigenvalue weighted by molar-refractivity contribution is 0.0508. The number of amides is 1. The van der Waals surface area contributed by atoms with Crippen molar-refractivity contribution in [1.82, 2.24) is 5.32 Å². The molecule has 2 rings (SSSR count). The summed E-state index contributed by atoms with van der Waals surface area (Å²) in [6.45, 7) is 7.53. The first kappa shape index (κ1) is 18.4. The Morgan fingerprint density at radius 2 is 1.71 bits per heavy atom. The Labute approximate surface area is 148 Å². The lowest BCUT2D eigenvalue weighted by Crippen LogP contribution is -2.34. The highest BCUT2D eigenvalue weighted by Gasteiger charge is 2.18. The molecular formula is C20H25NO2S. The summed E-state index contributed by atoms with van der Waals surface area (Å²) in [5.41, 5.74) is 1.89. The second kappa shape index (κ2) is 8.25. The fourth-order valence-corrected chi connectivity index (χ4v) is 3.02. The predicted octanol–water partition coefficient (Wildman–Crippen LogP) is 5.56. The molecule has 0 saturated heterocycles. The third-order valence-electron chi connectivity index (χ3n) is 3.36. The molecule has 0 bridgehead atoms. The zero-order chi connectivity index (χ0) is 17.6. The third kappa shape index (κ3) is 6.28. The molecule has 1 amide bonds. The number of hydrogen-bond donors (Lipinski definition) is 1. The first-order valence-electron chi connectivity index (χ1n) is 8.10. The quantitative estimate of drug-likeness (QED) is 0.722. The van der Waals surface area contributed by atoms with Crippen LogP contribution in [0.15, 0.2) is 59.5 Å². The first-order chi connectivity index (χ1) is 11.3. The number of hydrogen-bond acceptors (Lipinski definition) is 3. The van der Waals surface area contributed by atoms with Crippen LogP contribution < -0.4 is 5.32 Å². The number of carbonyl (C=O) groups excluding carboxylic acids is 1. The van der Waals surface area contributed by atoms with Crippen LogP contribution in [0.5, 0.6) is 0 Å². The van der Waals surface area contributed by atoms with Crippen molar-refractivity contribution in [3.05, 3.63) is 65.7 Å². The summed E-state index contributed by atoms with van der Waals surface area (Å²) in [4.78, 5) is 13.0. The molecule has 0 radical (unpaired) electrons. The van der Waals surface area contributed by atoms with Gasteiger partial charge >= 0.3 is 6.09 Å². The van der Waals surface area contributed by atoms with Crippen LogP contribution in [0.1, 0.15) is 44.9 Å². The van der Waals surface area contributed by atoms with Gasteiger partial charge in [-0.3, -0.25) is 0 Å². The van der Waals surface area contributed by atoms with Gasteiger partial charge in [-0.2, -0.15) is 0 Å². The number of nitrogens with one attached hydrogen (secondary N) is 1. The molecule has 0 spiro atoms. The standard InChI is InChI=1S/C20H25NO2S/c1-15(21-19(22)23-20(2,3)4)17-10-12-18(13-11-17)24-14-16-8-6-5-7-9-16/h5-13,15H,14H2,1-4H3,(H,21,22). The average molecular weight is 343 g/mol. The Morgan fingerprint density at radius 1 is 1.08 bits per heavy atom. The smallest absolute Gasteiger partial charge is 0.408 e. The van der Waals surface area contributed by atoms with E-state index in [0.717, 1.165) is 11.3 Å². The van der Waals surface area contributed by atoms with Crippen molar-refractivity contribution < 1.29 is 9.53 Å². The topological polar surface area (TPSA) is 38.3 Å². The maximum absolute atomic E-state index is 11.8. The van der Waals surface area contributed by atoms with E-state index in [0.29, 0.717) is 0 Å². The van der Waals surface area contributed by atoms with Gasteiger partial charge in [0, 0.05) is 10.6 Å². The molecule has 0 aromatic heterocycles. The Balaban J connectivity index is 1.88. The van der Waals surface area contributed by atoms with E-state index in [4.69, 9.17) is 4.74 Å². The number of ether oxygens (including phenoxy) is 1. The molecule has 0 saturated carbocycles. The van der Waals surface area contributed by atoms with Crippen molar-refractivity contribution in [3.8, 4) is 0 Å². The number of carbonyl (C=O) groups is 1. The van der Waals surface area contributed by atoms with Crippen molar-refractivity contribution in [3.63, 3.8) is 0 Å². The normalized spacial score (nSPS) is 12.5. The van der Waals surface area contributed by atoms with Gasteiger partial charge < -0.3 is 10.1 Å². The number of benzene rings is 2. The number of thioether (sulfide) groups is 1. The molecule has 0 aliphatic carbocycles. The highest BCUT2D eigenvalue weighted by molar-refractivity contribution is 7.98. The van der Waals surface area contributed by atoms with Crippen LogP contribution in [0, 0.1) is 0 Å². The van der Waals surface area contributed by atoms with E-state index in [9.17, 15) is 4.79 Å². The van der Waals surface area contributed by atoms with Gasteiger partial charge in [0.05, 0.1) is 6.04 Å². The van der Waals surface area contributed by atoms with E-state index in [1.807, 2.05) is 33.8 Å². The monoisotopic (exact) mass is 343 g/mol. The molecule has 2 aromatic rings. The van der Waals surface area contributed by atoms with Crippen LogP contribution in [0.2, 0.25) is 0 Å². The average Bonchev–Trinajstić information content (AvgIpc) is 2.52. The summed E-state index contributed by atoms with van der Waals surface area (Å²) in [7, 11) is 0. The second-order valence-electron chi connectivity index (χ2n) is 6.71. The maximum Gasteiger partial charge on any atom is 0.408 e. The molecule has 0 fully saturated rings. The lowest BCUT2D eigenvalue weighted by Gasteiger charge is -2.22. The third-order valence-corrected chi connectivity index (χ3v) is 4.44. The van der Waals surface area contributed by atoms with Gasteiger partial charge in [0.25, 0.3) is 0 Å². The molecular weight excluding hydrogens is 318 g/mol. The summed E-state index contributed by atoms with van der Waals surface area (Å²) in [5, 5.41) is 2.86. The number of alkyl carbamates (subject to hydrolysis) is 1. The fourth-order valence-electron chi connectivity index (χ4n) is 2.16. The van der Waals surface area contributed by atoms with Crippen LogP contribution in [-0.4, -0.2) is 11.7 Å². The number of rotatable bonds is 5. The molecule has 24 heavy (non-hydrogen) atoms. The summed E-state index contributed by atoms with van der Waals surface area (Å²) >= 11 is 1.80. The van der Waals surface area contributed by atoms with Gasteiger partial charge in [-0.1, -0.05) is 42.5 Å². The van der Waals surface area contributed by atoms with Crippen LogP contribution in [0.4, 0.5) is 4.79 Å². The fraction of sp³-hybridized carbons (Fsp3) is 0.350. The van der Waals surface area contributed by atoms with Crippen LogP contribution in [0.3, 0.4) is 0 Å². The van der Waals surface area contributed by atoms with E-state index in [1.165, 1.54) is 10.5 Å². The van der Waals surface area contributed by atoms with Crippen molar-refractivity contribution in [2.45, 2.75) is 50.0 Å². The van der Waals surface area contributed by atoms with Crippen molar-refractivity contribution in [2.75, 3.05) is 0 Å². The van der Waals surface area contributed by atoms with Crippen LogP contribution >= 0.6 is 11.8 Å². The molecule has 1 atom stereocenters. The zero-order valence-electron chi connectivity index (χ0n) is 14.7. The Kier molecular flexibility index (Phi) is 6.32. The molecule has 1 N–H and O–H groups in total. The van der Waals surface area contributed by atoms with Crippen molar-refractivity contribution in [1.29, 1.82) is 0 Å². The summed E-state index contributed by atoms with van der Waals surface area (Å²) in [6, 6.07) is 18.6. The van der Waals surface area contributed by atoms with Crippen molar-refractivity contribution in [2.24, 2.45) is 0 Å². The Bertz CT molecular complexity index is 648. The van der Waals surface area contributed by atoms with E-state index in [1.54, 1.807) is 11.8 Å². The van der Waals surface area contributed by atoms with E-state index in [2.05, 4.69) is 53.8 Å². The lowest BCUT2D eigenvalue weighted by atomic mass is 10.1. The molecule has 2 aromatic carbocycles. The van der Waals surface area contributed by atoms with E-state index in [-0.39, 0.29) is 6.04 Å². The van der Waals surface area contributed by atoms with Gasteiger partial charge in [0.2, 0.25) is 0 Å².